The second-order valence-electron chi connectivity index (χ2n) is 13.7. The van der Waals surface area contributed by atoms with Crippen LogP contribution in [-0.4, -0.2) is 87.9 Å². The summed E-state index contributed by atoms with van der Waals surface area (Å²) < 4.78 is 11.7. The SMILES string of the molecule is CN1CCN(c2cccc(NC(=O)[C@H](CCCCN)NC(=O)[C@H](COCc3ccccc3)NC(=O)OCC3c4ccccc4-c4ccccc43)c2)CC1. The summed E-state index contributed by atoms with van der Waals surface area (Å²) in [7, 11) is 2.11. The smallest absolute Gasteiger partial charge is 0.407 e. The summed E-state index contributed by atoms with van der Waals surface area (Å²) in [6.45, 7) is 4.39. The number of nitrogens with two attached hydrogens (primary N) is 1. The predicted molar refractivity (Wildman–Crippen MR) is 208 cm³/mol. The monoisotopic (exact) mass is 718 g/mol. The number of fused-ring (bicyclic) bond motifs is 3. The molecule has 278 valence electrons. The average molecular weight is 719 g/mol. The Morgan fingerprint density at radius 2 is 1.45 bits per heavy atom. The van der Waals surface area contributed by atoms with Crippen molar-refractivity contribution in [1.82, 2.24) is 15.5 Å². The van der Waals surface area contributed by atoms with Crippen molar-refractivity contribution in [3.63, 3.8) is 0 Å². The second kappa shape index (κ2) is 18.5. The lowest BCUT2D eigenvalue weighted by molar-refractivity contribution is -0.129. The van der Waals surface area contributed by atoms with Gasteiger partial charge in [0.2, 0.25) is 11.8 Å². The number of ether oxygens (including phenoxy) is 2. The Hall–Kier alpha value is -5.23. The van der Waals surface area contributed by atoms with E-state index in [1.54, 1.807) is 0 Å². The fourth-order valence-electron chi connectivity index (χ4n) is 6.94. The van der Waals surface area contributed by atoms with Crippen molar-refractivity contribution < 1.29 is 23.9 Å². The second-order valence-corrected chi connectivity index (χ2v) is 13.7. The zero-order valence-electron chi connectivity index (χ0n) is 30.3. The number of amides is 3. The van der Waals surface area contributed by atoms with E-state index in [2.05, 4.69) is 44.9 Å². The number of likely N-dealkylation sites (N-methyl/N-ethyl adjacent to an activating group) is 1. The zero-order chi connectivity index (χ0) is 37.0. The van der Waals surface area contributed by atoms with Gasteiger partial charge in [0.15, 0.2) is 0 Å². The normalized spacial score (nSPS) is 15.2. The average Bonchev–Trinajstić information content (AvgIpc) is 3.50. The van der Waals surface area contributed by atoms with Crippen LogP contribution >= 0.6 is 0 Å². The van der Waals surface area contributed by atoms with E-state index in [4.69, 9.17) is 15.2 Å². The number of anilines is 2. The van der Waals surface area contributed by atoms with E-state index in [9.17, 15) is 14.4 Å². The quantitative estimate of drug-likeness (QED) is 0.117. The molecule has 1 heterocycles. The maximum Gasteiger partial charge on any atom is 0.407 e. The molecule has 0 spiro atoms. The van der Waals surface area contributed by atoms with E-state index in [0.29, 0.717) is 31.5 Å². The van der Waals surface area contributed by atoms with Crippen molar-refractivity contribution in [2.45, 2.75) is 43.9 Å². The molecule has 53 heavy (non-hydrogen) atoms. The summed E-state index contributed by atoms with van der Waals surface area (Å²) >= 11 is 0. The Kier molecular flexibility index (Phi) is 13.1. The topological polar surface area (TPSA) is 138 Å². The molecule has 11 nitrogen and oxygen atoms in total. The van der Waals surface area contributed by atoms with Gasteiger partial charge in [-0.3, -0.25) is 9.59 Å². The minimum Gasteiger partial charge on any atom is -0.449 e. The van der Waals surface area contributed by atoms with Crippen molar-refractivity contribution in [3.8, 4) is 11.1 Å². The molecule has 0 saturated carbocycles. The van der Waals surface area contributed by atoms with Crippen LogP contribution < -0.4 is 26.6 Å². The van der Waals surface area contributed by atoms with Crippen LogP contribution in [-0.2, 0) is 25.7 Å². The van der Waals surface area contributed by atoms with Gasteiger partial charge in [0, 0.05) is 43.5 Å². The zero-order valence-corrected chi connectivity index (χ0v) is 30.3. The lowest BCUT2D eigenvalue weighted by atomic mass is 9.98. The highest BCUT2D eigenvalue weighted by molar-refractivity contribution is 5.98. The van der Waals surface area contributed by atoms with E-state index in [1.165, 1.54) is 0 Å². The van der Waals surface area contributed by atoms with Gasteiger partial charge in [0.1, 0.15) is 18.7 Å². The van der Waals surface area contributed by atoms with Crippen molar-refractivity contribution in [3.05, 3.63) is 120 Å². The first-order chi connectivity index (χ1) is 25.9. The van der Waals surface area contributed by atoms with Crippen LogP contribution in [0.1, 0.15) is 41.9 Å². The number of rotatable bonds is 16. The fraction of sp³-hybridized carbons (Fsp3) is 0.357. The third-order valence-corrected chi connectivity index (χ3v) is 9.91. The molecule has 5 N–H and O–H groups in total. The minimum atomic E-state index is -1.13. The lowest BCUT2D eigenvalue weighted by Crippen LogP contribution is -2.54. The number of carbonyl (C=O) groups excluding carboxylic acids is 3. The van der Waals surface area contributed by atoms with E-state index in [0.717, 1.165) is 59.7 Å². The van der Waals surface area contributed by atoms with Crippen LogP contribution in [0.15, 0.2) is 103 Å². The highest BCUT2D eigenvalue weighted by Gasteiger charge is 2.31. The van der Waals surface area contributed by atoms with Crippen LogP contribution in [0.3, 0.4) is 0 Å². The molecule has 1 aliphatic carbocycles. The molecule has 0 aromatic heterocycles. The molecular weight excluding hydrogens is 668 g/mol. The molecule has 2 atom stereocenters. The Morgan fingerprint density at radius 3 is 2.15 bits per heavy atom. The Balaban J connectivity index is 1.13. The third kappa shape index (κ3) is 10.0. The molecule has 1 saturated heterocycles. The summed E-state index contributed by atoms with van der Waals surface area (Å²) in [6.07, 6.45) is 0.945. The van der Waals surface area contributed by atoms with E-state index >= 15 is 0 Å². The first kappa shape index (κ1) is 37.5. The minimum absolute atomic E-state index is 0.0936. The Morgan fingerprint density at radius 1 is 0.774 bits per heavy atom. The van der Waals surface area contributed by atoms with Gasteiger partial charge in [0.05, 0.1) is 13.2 Å². The molecule has 3 amide bonds. The lowest BCUT2D eigenvalue weighted by Gasteiger charge is -2.34. The molecular formula is C42H50N6O5. The molecule has 1 fully saturated rings. The van der Waals surface area contributed by atoms with Crippen LogP contribution in [0.5, 0.6) is 0 Å². The van der Waals surface area contributed by atoms with Gasteiger partial charge in [0.25, 0.3) is 0 Å². The number of hydrogen-bond acceptors (Lipinski definition) is 8. The van der Waals surface area contributed by atoms with Crippen molar-refractivity contribution in [2.24, 2.45) is 5.73 Å². The number of unbranched alkanes of at least 4 members (excludes halogenated alkanes) is 1. The van der Waals surface area contributed by atoms with Gasteiger partial charge >= 0.3 is 6.09 Å². The molecule has 1 aliphatic heterocycles. The summed E-state index contributed by atoms with van der Waals surface area (Å²) in [5.74, 6) is -1.04. The van der Waals surface area contributed by atoms with Gasteiger partial charge in [-0.15, -0.1) is 0 Å². The number of alkyl carbamates (subject to hydrolysis) is 1. The summed E-state index contributed by atoms with van der Waals surface area (Å²) in [5.41, 5.74) is 12.8. The summed E-state index contributed by atoms with van der Waals surface area (Å²) in [5, 5.41) is 8.63. The van der Waals surface area contributed by atoms with Crippen molar-refractivity contribution in [2.75, 3.05) is 63.2 Å². The van der Waals surface area contributed by atoms with Crippen LogP contribution in [0.25, 0.3) is 11.1 Å². The molecule has 0 radical (unpaired) electrons. The van der Waals surface area contributed by atoms with Gasteiger partial charge in [-0.2, -0.15) is 0 Å². The van der Waals surface area contributed by atoms with E-state index in [-0.39, 0.29) is 31.6 Å². The first-order valence-corrected chi connectivity index (χ1v) is 18.5. The molecule has 6 rings (SSSR count). The molecule has 0 unspecified atom stereocenters. The predicted octanol–water partition coefficient (Wildman–Crippen LogP) is 5.11. The van der Waals surface area contributed by atoms with Crippen LogP contribution in [0.4, 0.5) is 16.2 Å². The summed E-state index contributed by atoms with van der Waals surface area (Å²) in [4.78, 5) is 45.6. The summed E-state index contributed by atoms with van der Waals surface area (Å²) in [6, 6.07) is 31.5. The highest BCUT2D eigenvalue weighted by Crippen LogP contribution is 2.44. The van der Waals surface area contributed by atoms with Crippen molar-refractivity contribution in [1.29, 1.82) is 0 Å². The molecule has 4 aromatic rings. The molecule has 11 heteroatoms. The highest BCUT2D eigenvalue weighted by atomic mass is 16.5. The number of piperazine rings is 1. The van der Waals surface area contributed by atoms with Crippen LogP contribution in [0.2, 0.25) is 0 Å². The van der Waals surface area contributed by atoms with Crippen molar-refractivity contribution >= 4 is 29.3 Å². The van der Waals surface area contributed by atoms with Gasteiger partial charge < -0.3 is 41.0 Å². The molecule has 0 bridgehead atoms. The molecule has 4 aromatic carbocycles. The number of hydrogen-bond donors (Lipinski definition) is 4. The van der Waals surface area contributed by atoms with E-state index in [1.807, 2.05) is 91.0 Å². The third-order valence-electron chi connectivity index (χ3n) is 9.91. The molecule has 2 aliphatic rings. The Labute approximate surface area is 311 Å². The number of nitrogens with zero attached hydrogens (tertiary/aromatic N) is 2. The number of nitrogens with one attached hydrogen (secondary N) is 3. The van der Waals surface area contributed by atoms with Crippen LogP contribution in [0, 0.1) is 0 Å². The standard InChI is InChI=1S/C42H50N6O5/c1-47-22-24-48(25-23-47)32-15-11-14-31(26-32)44-40(49)38(20-9-10-21-43)45-41(50)39(29-52-27-30-12-3-2-4-13-30)46-42(51)53-28-37-35-18-7-5-16-33(35)34-17-6-8-19-36(34)37/h2-8,11-19,26,37-39H,9-10,20-25,27-29,43H2,1H3,(H,44,49)(H,45,50)(H,46,51)/t38-,39-/m0/s1. The van der Waals surface area contributed by atoms with Gasteiger partial charge in [-0.1, -0.05) is 84.9 Å². The van der Waals surface area contributed by atoms with E-state index < -0.39 is 24.1 Å². The number of carbonyl (C=O) groups is 3. The maximum absolute atomic E-state index is 13.9. The Bertz CT molecular complexity index is 1780. The largest absolute Gasteiger partial charge is 0.449 e. The van der Waals surface area contributed by atoms with Gasteiger partial charge in [-0.05, 0) is 78.9 Å². The first-order valence-electron chi connectivity index (χ1n) is 18.5. The van der Waals surface area contributed by atoms with Gasteiger partial charge in [-0.25, -0.2) is 4.79 Å². The number of benzene rings is 4. The maximum atomic E-state index is 13.9. The fourth-order valence-corrected chi connectivity index (χ4v) is 6.94.